The van der Waals surface area contributed by atoms with Crippen molar-refractivity contribution in [2.45, 2.75) is 38.6 Å². The van der Waals surface area contributed by atoms with Crippen molar-refractivity contribution in [2.75, 3.05) is 32.1 Å². The van der Waals surface area contributed by atoms with Gasteiger partial charge in [0, 0.05) is 55.7 Å². The van der Waals surface area contributed by atoms with Gasteiger partial charge in [0.05, 0.1) is 6.61 Å². The highest BCUT2D eigenvalue weighted by molar-refractivity contribution is 5.51. The Morgan fingerprint density at radius 2 is 1.97 bits per heavy atom. The Kier molecular flexibility index (Phi) is 6.66. The van der Waals surface area contributed by atoms with Crippen LogP contribution in [0.15, 0.2) is 41.2 Å². The lowest BCUT2D eigenvalue weighted by Crippen LogP contribution is -2.32. The van der Waals surface area contributed by atoms with E-state index < -0.39 is 0 Å². The minimum Gasteiger partial charge on any atom is -0.384 e. The van der Waals surface area contributed by atoms with Gasteiger partial charge in [0.1, 0.15) is 17.4 Å². The number of hydrogen-bond acceptors (Lipinski definition) is 8. The Bertz CT molecular complexity index is 935. The van der Waals surface area contributed by atoms with Crippen LogP contribution in [0.25, 0.3) is 0 Å². The highest BCUT2D eigenvalue weighted by Crippen LogP contribution is 2.28. The number of piperidine rings is 1. The van der Waals surface area contributed by atoms with Gasteiger partial charge in [-0.05, 0) is 45.0 Å². The molecular formula is C22H28N6O2. The normalized spacial score (nSPS) is 15.4. The van der Waals surface area contributed by atoms with Gasteiger partial charge in [-0.15, -0.1) is 0 Å². The lowest BCUT2D eigenvalue weighted by Gasteiger charge is -2.31. The fraction of sp³-hybridized carbons (Fsp3) is 0.455. The molecule has 1 aliphatic rings. The molecule has 4 rings (SSSR count). The number of rotatable bonds is 8. The van der Waals surface area contributed by atoms with E-state index in [0.717, 1.165) is 67.6 Å². The van der Waals surface area contributed by atoms with Crippen molar-refractivity contribution in [2.24, 2.45) is 0 Å². The first-order chi connectivity index (χ1) is 14.7. The van der Waals surface area contributed by atoms with Gasteiger partial charge in [0.15, 0.2) is 5.82 Å². The topological polar surface area (TPSA) is 89.2 Å². The number of nitrogens with one attached hydrogen (secondary N) is 1. The van der Waals surface area contributed by atoms with Crippen LogP contribution >= 0.6 is 0 Å². The zero-order valence-corrected chi connectivity index (χ0v) is 17.5. The number of ether oxygens (including phenoxy) is 1. The number of likely N-dealkylation sites (tertiary alicyclic amines) is 1. The molecule has 1 aliphatic heterocycles. The van der Waals surface area contributed by atoms with Crippen molar-refractivity contribution < 1.29 is 9.26 Å². The van der Waals surface area contributed by atoms with Crippen LogP contribution in [0.4, 0.5) is 11.6 Å². The zero-order valence-electron chi connectivity index (χ0n) is 17.5. The van der Waals surface area contributed by atoms with Crippen molar-refractivity contribution in [3.05, 3.63) is 59.5 Å². The van der Waals surface area contributed by atoms with E-state index in [2.05, 4.69) is 31.4 Å². The van der Waals surface area contributed by atoms with Crippen LogP contribution in [0.2, 0.25) is 0 Å². The Morgan fingerprint density at radius 3 is 2.67 bits per heavy atom. The van der Waals surface area contributed by atoms with Crippen LogP contribution in [-0.4, -0.2) is 51.8 Å². The molecule has 1 saturated heterocycles. The predicted molar refractivity (Wildman–Crippen MR) is 114 cm³/mol. The number of anilines is 2. The van der Waals surface area contributed by atoms with E-state index in [1.807, 2.05) is 37.5 Å². The third-order valence-electron chi connectivity index (χ3n) is 5.36. The molecule has 30 heavy (non-hydrogen) atoms. The summed E-state index contributed by atoms with van der Waals surface area (Å²) in [6.07, 6.45) is 6.80. The van der Waals surface area contributed by atoms with E-state index in [1.54, 1.807) is 7.11 Å². The minimum atomic E-state index is 0.467. The Balaban J connectivity index is 1.29. The Labute approximate surface area is 176 Å². The van der Waals surface area contributed by atoms with E-state index in [0.29, 0.717) is 18.3 Å². The third-order valence-corrected chi connectivity index (χ3v) is 5.36. The number of pyridine rings is 1. The summed E-state index contributed by atoms with van der Waals surface area (Å²) in [7, 11) is 1.69. The minimum absolute atomic E-state index is 0.467. The van der Waals surface area contributed by atoms with Gasteiger partial charge in [-0.25, -0.2) is 15.0 Å². The number of methoxy groups -OCH3 is 1. The summed E-state index contributed by atoms with van der Waals surface area (Å²) in [5, 5.41) is 7.19. The van der Waals surface area contributed by atoms with Gasteiger partial charge in [-0.1, -0.05) is 11.2 Å². The molecule has 158 valence electrons. The van der Waals surface area contributed by atoms with Gasteiger partial charge in [0.2, 0.25) is 0 Å². The summed E-state index contributed by atoms with van der Waals surface area (Å²) in [5.74, 6) is 3.56. The molecule has 0 radical (unpaired) electrons. The van der Waals surface area contributed by atoms with Crippen molar-refractivity contribution >= 4 is 11.6 Å². The average Bonchev–Trinajstić information content (AvgIpc) is 3.18. The molecule has 8 nitrogen and oxygen atoms in total. The molecule has 0 aromatic carbocycles. The third kappa shape index (κ3) is 5.40. The molecule has 0 bridgehead atoms. The zero-order chi connectivity index (χ0) is 20.8. The van der Waals surface area contributed by atoms with Gasteiger partial charge >= 0.3 is 0 Å². The van der Waals surface area contributed by atoms with Gasteiger partial charge in [0.25, 0.3) is 0 Å². The summed E-state index contributed by atoms with van der Waals surface area (Å²) >= 11 is 0. The molecule has 8 heteroatoms. The maximum atomic E-state index is 5.11. The molecule has 0 spiro atoms. The van der Waals surface area contributed by atoms with E-state index in [4.69, 9.17) is 14.2 Å². The summed E-state index contributed by atoms with van der Waals surface area (Å²) in [6, 6.07) is 7.98. The number of aryl methyl sites for hydroxylation is 1. The molecule has 3 aromatic heterocycles. The summed E-state index contributed by atoms with van der Waals surface area (Å²) < 4.78 is 10.2. The molecule has 4 heterocycles. The number of aromatic nitrogens is 4. The van der Waals surface area contributed by atoms with Crippen LogP contribution in [0, 0.1) is 6.92 Å². The maximum absolute atomic E-state index is 5.11. The summed E-state index contributed by atoms with van der Waals surface area (Å²) in [5.41, 5.74) is 2.28. The summed E-state index contributed by atoms with van der Waals surface area (Å²) in [6.45, 7) is 5.49. The maximum Gasteiger partial charge on any atom is 0.175 e. The highest BCUT2D eigenvalue weighted by atomic mass is 16.5. The second kappa shape index (κ2) is 9.77. The molecule has 0 atom stereocenters. The van der Waals surface area contributed by atoms with Crippen LogP contribution in [-0.2, 0) is 17.7 Å². The van der Waals surface area contributed by atoms with Crippen molar-refractivity contribution in [1.82, 2.24) is 25.0 Å². The van der Waals surface area contributed by atoms with E-state index in [1.165, 1.54) is 0 Å². The Hall–Kier alpha value is -2.84. The summed E-state index contributed by atoms with van der Waals surface area (Å²) in [4.78, 5) is 16.2. The standard InChI is InChI=1S/C22H28N6O2/c1-16-12-22(27-30-16)26-21-5-3-4-19(25-21)18-6-9-28(10-7-18)15-17-13-23-20(24-14-17)8-11-29-2/h3-5,12-14,18H,6-11,15H2,1-2H3,(H,25,26,27). The highest BCUT2D eigenvalue weighted by Gasteiger charge is 2.22. The molecule has 0 saturated carbocycles. The first kappa shape index (κ1) is 20.4. The monoisotopic (exact) mass is 408 g/mol. The van der Waals surface area contributed by atoms with Crippen LogP contribution in [0.1, 0.15) is 41.6 Å². The lowest BCUT2D eigenvalue weighted by atomic mass is 9.93. The SMILES string of the molecule is COCCc1ncc(CN2CCC(c3cccc(Nc4cc(C)on4)n3)CC2)cn1. The van der Waals surface area contributed by atoms with Crippen LogP contribution in [0.3, 0.4) is 0 Å². The first-order valence-electron chi connectivity index (χ1n) is 10.4. The van der Waals surface area contributed by atoms with Crippen molar-refractivity contribution in [3.8, 4) is 0 Å². The lowest BCUT2D eigenvalue weighted by molar-refractivity contribution is 0.199. The predicted octanol–water partition coefficient (Wildman–Crippen LogP) is 3.48. The van der Waals surface area contributed by atoms with Crippen molar-refractivity contribution in [3.63, 3.8) is 0 Å². The largest absolute Gasteiger partial charge is 0.384 e. The molecule has 0 aliphatic carbocycles. The number of nitrogens with zero attached hydrogens (tertiary/aromatic N) is 5. The first-order valence-corrected chi connectivity index (χ1v) is 10.4. The molecule has 1 N–H and O–H groups in total. The van der Waals surface area contributed by atoms with Crippen LogP contribution < -0.4 is 5.32 Å². The molecule has 3 aromatic rings. The second-order valence-corrected chi connectivity index (χ2v) is 7.70. The average molecular weight is 409 g/mol. The van der Waals surface area contributed by atoms with Gasteiger partial charge < -0.3 is 14.6 Å². The molecule has 0 unspecified atom stereocenters. The molecule has 0 amide bonds. The van der Waals surface area contributed by atoms with Gasteiger partial charge in [-0.2, -0.15) is 0 Å². The van der Waals surface area contributed by atoms with Crippen molar-refractivity contribution in [1.29, 1.82) is 0 Å². The quantitative estimate of drug-likeness (QED) is 0.606. The van der Waals surface area contributed by atoms with Gasteiger partial charge in [-0.3, -0.25) is 4.90 Å². The van der Waals surface area contributed by atoms with E-state index in [9.17, 15) is 0 Å². The fourth-order valence-corrected chi connectivity index (χ4v) is 3.74. The van der Waals surface area contributed by atoms with Crippen LogP contribution in [0.5, 0.6) is 0 Å². The molecule has 1 fully saturated rings. The Morgan fingerprint density at radius 1 is 1.17 bits per heavy atom. The molecular weight excluding hydrogens is 380 g/mol. The fourth-order valence-electron chi connectivity index (χ4n) is 3.74. The van der Waals surface area contributed by atoms with E-state index >= 15 is 0 Å². The second-order valence-electron chi connectivity index (χ2n) is 7.70. The number of hydrogen-bond donors (Lipinski definition) is 1. The smallest absolute Gasteiger partial charge is 0.175 e. The van der Waals surface area contributed by atoms with E-state index in [-0.39, 0.29) is 0 Å².